The van der Waals surface area contributed by atoms with Gasteiger partial charge in [0.1, 0.15) is 4.90 Å². The molecule has 4 aliphatic heterocycles. The minimum absolute atomic E-state index is 0.00106. The van der Waals surface area contributed by atoms with Gasteiger partial charge in [-0.1, -0.05) is 12.1 Å². The first-order valence-corrected chi connectivity index (χ1v) is 16.6. The molecule has 11 nitrogen and oxygen atoms in total. The number of unbranched alkanes of at least 4 members (excludes halogenated alkanes) is 1. The number of hydrogen-bond acceptors (Lipinski definition) is 9. The van der Waals surface area contributed by atoms with Crippen molar-refractivity contribution < 1.29 is 22.7 Å². The van der Waals surface area contributed by atoms with Crippen LogP contribution in [0.3, 0.4) is 0 Å². The van der Waals surface area contributed by atoms with Crippen molar-refractivity contribution in [3.63, 3.8) is 0 Å². The molecule has 0 bridgehead atoms. The summed E-state index contributed by atoms with van der Waals surface area (Å²) in [6.07, 6.45) is 5.64. The highest BCUT2D eigenvalue weighted by Crippen LogP contribution is 2.38. The number of guanidine groups is 1. The Kier molecular flexibility index (Phi) is 8.32. The van der Waals surface area contributed by atoms with Crippen molar-refractivity contribution >= 4 is 39.5 Å². The number of carbonyl (C=O) groups excluding carboxylic acids is 1. The molecule has 0 N–H and O–H groups in total. The molecule has 2 aromatic carbocycles. The standard InChI is InChI=1S/C31H40N6O5S/c1-22(2)37-26-10-4-5-11-29(26)43(39,40)33-31(37)35-16-14-34(15-17-35)12-6-7-18-42-28-20-25-24(19-27(28)41-3)30(38)36-13-8-9-23(36)21-32-25/h4-5,10-11,19-23H,6-9,12-18H2,1-3H3/t23-/m0/s1. The van der Waals surface area contributed by atoms with Gasteiger partial charge in [-0.3, -0.25) is 14.7 Å². The molecule has 0 unspecified atom stereocenters. The Hall–Kier alpha value is -3.64. The number of benzene rings is 2. The number of fused-ring (bicyclic) bond motifs is 3. The molecule has 0 spiro atoms. The molecule has 1 amide bonds. The molecule has 0 aromatic heterocycles. The maximum atomic E-state index is 13.1. The maximum Gasteiger partial charge on any atom is 0.287 e. The predicted octanol–water partition coefficient (Wildman–Crippen LogP) is 3.77. The normalized spacial score (nSPS) is 21.3. The first-order chi connectivity index (χ1) is 20.8. The van der Waals surface area contributed by atoms with E-state index >= 15 is 0 Å². The van der Waals surface area contributed by atoms with Crippen molar-refractivity contribution in [1.29, 1.82) is 0 Å². The summed E-state index contributed by atoms with van der Waals surface area (Å²) in [7, 11) is -2.15. The Morgan fingerprint density at radius 3 is 2.58 bits per heavy atom. The van der Waals surface area contributed by atoms with Gasteiger partial charge in [-0.05, 0) is 64.3 Å². The largest absolute Gasteiger partial charge is 0.493 e. The molecule has 43 heavy (non-hydrogen) atoms. The first kappa shape index (κ1) is 29.4. The van der Waals surface area contributed by atoms with Crippen LogP contribution in [-0.2, 0) is 10.0 Å². The van der Waals surface area contributed by atoms with E-state index in [2.05, 4.69) is 33.0 Å². The molecule has 4 heterocycles. The summed E-state index contributed by atoms with van der Waals surface area (Å²) in [5.41, 5.74) is 1.87. The van der Waals surface area contributed by atoms with E-state index in [9.17, 15) is 13.2 Å². The second-order valence-corrected chi connectivity index (χ2v) is 13.3. The van der Waals surface area contributed by atoms with Crippen LogP contribution in [0.1, 0.15) is 49.9 Å². The zero-order valence-corrected chi connectivity index (χ0v) is 25.9. The number of aliphatic imine (C=N–C) groups is 1. The third kappa shape index (κ3) is 5.82. The molecule has 2 saturated heterocycles. The van der Waals surface area contributed by atoms with Crippen molar-refractivity contribution in [2.45, 2.75) is 56.5 Å². The highest BCUT2D eigenvalue weighted by atomic mass is 32.2. The van der Waals surface area contributed by atoms with Gasteiger partial charge < -0.3 is 24.2 Å². The lowest BCUT2D eigenvalue weighted by Gasteiger charge is -2.42. The molecule has 0 radical (unpaired) electrons. The van der Waals surface area contributed by atoms with E-state index in [0.717, 1.165) is 51.9 Å². The van der Waals surface area contributed by atoms with Crippen LogP contribution in [0.2, 0.25) is 0 Å². The van der Waals surface area contributed by atoms with Crippen molar-refractivity contribution in [3.8, 4) is 11.5 Å². The zero-order chi connectivity index (χ0) is 30.1. The highest BCUT2D eigenvalue weighted by Gasteiger charge is 2.36. The first-order valence-electron chi connectivity index (χ1n) is 15.2. The van der Waals surface area contributed by atoms with Crippen LogP contribution >= 0.6 is 0 Å². The Morgan fingerprint density at radius 1 is 1.02 bits per heavy atom. The molecule has 0 aliphatic carbocycles. The van der Waals surface area contributed by atoms with Crippen LogP contribution in [0, 0.1) is 0 Å². The van der Waals surface area contributed by atoms with E-state index in [4.69, 9.17) is 9.47 Å². The average molecular weight is 609 g/mol. The molecule has 12 heteroatoms. The lowest BCUT2D eigenvalue weighted by atomic mass is 10.1. The van der Waals surface area contributed by atoms with Crippen LogP contribution < -0.4 is 14.4 Å². The number of anilines is 1. The number of rotatable bonds is 8. The number of methoxy groups -OCH3 is 1. The average Bonchev–Trinajstić information content (AvgIpc) is 3.43. The summed E-state index contributed by atoms with van der Waals surface area (Å²) in [6.45, 7) is 9.39. The number of piperazine rings is 1. The SMILES string of the molecule is COc1cc2c(cc1OCCCCN1CCN(C3=NS(=O)(=O)c4ccccc4N3C(C)C)CC1)N=C[C@@H]1CCCN1C2=O. The lowest BCUT2D eigenvalue weighted by Crippen LogP contribution is -2.56. The number of ether oxygens (including phenoxy) is 2. The molecular weight excluding hydrogens is 568 g/mol. The molecule has 2 aromatic rings. The molecular formula is C31H40N6O5S. The van der Waals surface area contributed by atoms with Crippen LogP contribution in [0.15, 0.2) is 50.7 Å². The molecule has 1 atom stereocenters. The van der Waals surface area contributed by atoms with E-state index in [1.165, 1.54) is 0 Å². The quantitative estimate of drug-likeness (QED) is 0.417. The minimum Gasteiger partial charge on any atom is -0.493 e. The summed E-state index contributed by atoms with van der Waals surface area (Å²) < 4.78 is 41.8. The fourth-order valence-corrected chi connectivity index (χ4v) is 7.51. The molecule has 4 aliphatic rings. The predicted molar refractivity (Wildman–Crippen MR) is 167 cm³/mol. The fourth-order valence-electron chi connectivity index (χ4n) is 6.31. The molecule has 0 saturated carbocycles. The second-order valence-electron chi connectivity index (χ2n) is 11.7. The third-order valence-corrected chi connectivity index (χ3v) is 9.88. The van der Waals surface area contributed by atoms with Crippen molar-refractivity contribution in [2.75, 3.05) is 57.9 Å². The Bertz CT molecular complexity index is 1530. The molecule has 2 fully saturated rings. The Morgan fingerprint density at radius 2 is 1.81 bits per heavy atom. The van der Waals surface area contributed by atoms with Crippen molar-refractivity contribution in [2.24, 2.45) is 9.39 Å². The smallest absolute Gasteiger partial charge is 0.287 e. The second kappa shape index (κ2) is 12.2. The summed E-state index contributed by atoms with van der Waals surface area (Å²) in [5.74, 6) is 1.66. The van der Waals surface area contributed by atoms with Crippen LogP contribution in [0.25, 0.3) is 0 Å². The minimum atomic E-state index is -3.74. The van der Waals surface area contributed by atoms with E-state index < -0.39 is 10.0 Å². The van der Waals surface area contributed by atoms with Crippen LogP contribution in [0.4, 0.5) is 11.4 Å². The summed E-state index contributed by atoms with van der Waals surface area (Å²) in [6, 6.07) is 10.8. The van der Waals surface area contributed by atoms with Gasteiger partial charge in [0.15, 0.2) is 11.5 Å². The molecule has 230 valence electrons. The maximum absolute atomic E-state index is 13.1. The van der Waals surface area contributed by atoms with Gasteiger partial charge in [-0.2, -0.15) is 8.42 Å². The summed E-state index contributed by atoms with van der Waals surface area (Å²) >= 11 is 0. The Labute approximate surface area is 253 Å². The van der Waals surface area contributed by atoms with Crippen molar-refractivity contribution in [3.05, 3.63) is 42.0 Å². The fraction of sp³-hybridized carbons (Fsp3) is 0.516. The number of para-hydroxylation sites is 1. The monoisotopic (exact) mass is 608 g/mol. The Balaban J connectivity index is 1.01. The summed E-state index contributed by atoms with van der Waals surface area (Å²) in [5, 5.41) is 0. The van der Waals surface area contributed by atoms with E-state index in [0.29, 0.717) is 54.1 Å². The van der Waals surface area contributed by atoms with Crippen molar-refractivity contribution in [1.82, 2.24) is 14.7 Å². The topological polar surface area (TPSA) is 107 Å². The van der Waals surface area contributed by atoms with E-state index in [-0.39, 0.29) is 22.9 Å². The van der Waals surface area contributed by atoms with Gasteiger partial charge in [-0.15, -0.1) is 4.40 Å². The summed E-state index contributed by atoms with van der Waals surface area (Å²) in [4.78, 5) is 26.4. The van der Waals surface area contributed by atoms with Gasteiger partial charge >= 0.3 is 0 Å². The van der Waals surface area contributed by atoms with Gasteiger partial charge in [-0.25, -0.2) is 0 Å². The number of sulfonamides is 1. The van der Waals surface area contributed by atoms with E-state index in [1.54, 1.807) is 25.3 Å². The third-order valence-electron chi connectivity index (χ3n) is 8.58. The van der Waals surface area contributed by atoms with Gasteiger partial charge in [0.25, 0.3) is 15.9 Å². The number of carbonyl (C=O) groups is 1. The lowest BCUT2D eigenvalue weighted by molar-refractivity contribution is 0.0774. The number of nitrogens with zero attached hydrogens (tertiary/aromatic N) is 6. The van der Waals surface area contributed by atoms with Crippen LogP contribution in [-0.4, -0.2) is 106 Å². The van der Waals surface area contributed by atoms with Gasteiger partial charge in [0, 0.05) is 51.0 Å². The highest BCUT2D eigenvalue weighted by molar-refractivity contribution is 7.90. The number of hydrogen-bond donors (Lipinski definition) is 0. The van der Waals surface area contributed by atoms with Gasteiger partial charge in [0.2, 0.25) is 5.96 Å². The number of amides is 1. The van der Waals surface area contributed by atoms with Crippen LogP contribution in [0.5, 0.6) is 11.5 Å². The zero-order valence-electron chi connectivity index (χ0n) is 25.1. The molecule has 6 rings (SSSR count). The van der Waals surface area contributed by atoms with Gasteiger partial charge in [0.05, 0.1) is 36.7 Å². The van der Waals surface area contributed by atoms with E-state index in [1.807, 2.05) is 34.2 Å².